The maximum Gasteiger partial charge on any atom is 0.378 e. The fourth-order valence-electron chi connectivity index (χ4n) is 0.522. The summed E-state index contributed by atoms with van der Waals surface area (Å²) in [6.07, 6.45) is 0. The highest BCUT2D eigenvalue weighted by Crippen LogP contribution is 1.99. The summed E-state index contributed by atoms with van der Waals surface area (Å²) < 4.78 is 8.90. The highest BCUT2D eigenvalue weighted by molar-refractivity contribution is 9.10. The third kappa shape index (κ3) is 4.96. The van der Waals surface area contributed by atoms with Crippen LogP contribution >= 0.6 is 15.9 Å². The number of rotatable bonds is 5. The summed E-state index contributed by atoms with van der Waals surface area (Å²) in [5, 5.41) is 0. The summed E-state index contributed by atoms with van der Waals surface area (Å²) in [5.41, 5.74) is 0. The Balaban J connectivity index is 3.85. The molecule has 0 spiro atoms. The van der Waals surface area contributed by atoms with Crippen LogP contribution in [-0.2, 0) is 23.9 Å². The molecule has 0 fully saturated rings. The Hall–Kier alpha value is -0.910. The third-order valence-electron chi connectivity index (χ3n) is 1.17. The molecule has 0 aliphatic heterocycles. The predicted octanol–water partition coefficient (Wildman–Crippen LogP) is 0.445. The lowest BCUT2D eigenvalue weighted by Crippen LogP contribution is -2.26. The fourth-order valence-corrected chi connectivity index (χ4v) is 0.654. The van der Waals surface area contributed by atoms with Gasteiger partial charge in [0, 0.05) is 0 Å². The minimum Gasteiger partial charge on any atom is -0.460 e. The van der Waals surface area contributed by atoms with Gasteiger partial charge in [-0.15, -0.1) is 0 Å². The molecule has 0 N–H and O–H groups in total. The molecule has 0 aromatic rings. The Morgan fingerprint density at radius 1 is 1.29 bits per heavy atom. The zero-order valence-corrected chi connectivity index (χ0v) is 9.50. The summed E-state index contributed by atoms with van der Waals surface area (Å²) in [6, 6.07) is 0. The lowest BCUT2D eigenvalue weighted by atomic mass is 10.4. The number of hydrogen-bond acceptors (Lipinski definition) is 5. The second-order valence-corrected chi connectivity index (χ2v) is 3.74. The number of alkyl halides is 1. The van der Waals surface area contributed by atoms with Crippen LogP contribution in [-0.4, -0.2) is 35.8 Å². The molecule has 0 radical (unpaired) electrons. The van der Waals surface area contributed by atoms with E-state index in [-0.39, 0.29) is 6.61 Å². The minimum atomic E-state index is -0.984. The van der Waals surface area contributed by atoms with Gasteiger partial charge in [-0.3, -0.25) is 9.59 Å². The van der Waals surface area contributed by atoms with Gasteiger partial charge in [0.05, 0.1) is 6.61 Å². The first-order valence-corrected chi connectivity index (χ1v) is 4.91. The van der Waals surface area contributed by atoms with Gasteiger partial charge in [-0.25, -0.2) is 4.79 Å². The van der Waals surface area contributed by atoms with Crippen molar-refractivity contribution in [2.24, 2.45) is 0 Å². The van der Waals surface area contributed by atoms with Crippen LogP contribution in [0.3, 0.4) is 0 Å². The van der Waals surface area contributed by atoms with Crippen molar-refractivity contribution < 1.29 is 23.9 Å². The van der Waals surface area contributed by atoms with Gasteiger partial charge in [0.2, 0.25) is 0 Å². The molecule has 0 aromatic heterocycles. The average Bonchev–Trinajstić information content (AvgIpc) is 2.13. The van der Waals surface area contributed by atoms with Crippen molar-refractivity contribution in [1.29, 1.82) is 0 Å². The molecule has 14 heavy (non-hydrogen) atoms. The van der Waals surface area contributed by atoms with Crippen molar-refractivity contribution in [3.8, 4) is 0 Å². The third-order valence-corrected chi connectivity index (χ3v) is 1.55. The van der Waals surface area contributed by atoms with Gasteiger partial charge < -0.3 is 9.47 Å². The molecule has 0 aliphatic carbocycles. The van der Waals surface area contributed by atoms with Gasteiger partial charge >= 0.3 is 11.9 Å². The zero-order valence-electron chi connectivity index (χ0n) is 7.91. The first-order chi connectivity index (χ1) is 6.49. The van der Waals surface area contributed by atoms with Gasteiger partial charge in [-0.05, 0) is 13.8 Å². The van der Waals surface area contributed by atoms with Crippen LogP contribution in [0.5, 0.6) is 0 Å². The Morgan fingerprint density at radius 2 is 1.86 bits per heavy atom. The zero-order chi connectivity index (χ0) is 11.1. The minimum absolute atomic E-state index is 0.118. The lowest BCUT2D eigenvalue weighted by molar-refractivity contribution is -0.158. The van der Waals surface area contributed by atoms with Gasteiger partial charge in [-0.2, -0.15) is 0 Å². The molecule has 0 aliphatic rings. The standard InChI is InChI=1S/C8H11BrO5/c1-3-13-8(12)6(10)4-14-7(11)5(2)9/h5H,3-4H2,1-2H3. The van der Waals surface area contributed by atoms with Gasteiger partial charge in [0.25, 0.3) is 5.78 Å². The quantitative estimate of drug-likeness (QED) is 0.411. The Morgan fingerprint density at radius 3 is 2.29 bits per heavy atom. The van der Waals surface area contributed by atoms with Crippen LogP contribution in [0.15, 0.2) is 0 Å². The molecule has 0 heterocycles. The SMILES string of the molecule is CCOC(=O)C(=O)COC(=O)C(C)Br. The van der Waals surface area contributed by atoms with Crippen molar-refractivity contribution in [2.45, 2.75) is 18.7 Å². The van der Waals surface area contributed by atoms with Crippen LogP contribution in [0.1, 0.15) is 13.8 Å². The number of ether oxygens (including phenoxy) is 2. The Labute approximate surface area is 89.9 Å². The number of hydrogen-bond donors (Lipinski definition) is 0. The number of Topliss-reactive ketones (excluding diaryl/α,β-unsaturated/α-hetero) is 1. The second-order valence-electron chi connectivity index (χ2n) is 2.37. The van der Waals surface area contributed by atoms with Gasteiger partial charge in [0.15, 0.2) is 6.61 Å². The molecule has 1 atom stereocenters. The van der Waals surface area contributed by atoms with E-state index >= 15 is 0 Å². The van der Waals surface area contributed by atoms with Gasteiger partial charge in [-0.1, -0.05) is 15.9 Å². The molecule has 0 saturated heterocycles. The van der Waals surface area contributed by atoms with Crippen LogP contribution in [0.4, 0.5) is 0 Å². The first kappa shape index (κ1) is 13.1. The van der Waals surface area contributed by atoms with Crippen LogP contribution in [0, 0.1) is 0 Å². The largest absolute Gasteiger partial charge is 0.460 e. The lowest BCUT2D eigenvalue weighted by Gasteiger charge is -2.04. The molecule has 0 rings (SSSR count). The van der Waals surface area contributed by atoms with Crippen molar-refractivity contribution in [1.82, 2.24) is 0 Å². The molecular weight excluding hydrogens is 256 g/mol. The number of carbonyl (C=O) groups is 3. The van der Waals surface area contributed by atoms with E-state index in [1.165, 1.54) is 0 Å². The molecule has 0 aromatic carbocycles. The molecule has 0 bridgehead atoms. The molecule has 0 saturated carbocycles. The monoisotopic (exact) mass is 266 g/mol. The number of esters is 2. The Bertz CT molecular complexity index is 236. The molecule has 5 nitrogen and oxygen atoms in total. The maximum atomic E-state index is 10.9. The van der Waals surface area contributed by atoms with E-state index in [0.29, 0.717) is 0 Å². The maximum absolute atomic E-state index is 10.9. The molecule has 80 valence electrons. The molecule has 1 unspecified atom stereocenters. The summed E-state index contributed by atoms with van der Waals surface area (Å²) in [5.74, 6) is -2.45. The van der Waals surface area contributed by atoms with Gasteiger partial charge in [0.1, 0.15) is 4.83 Å². The average molecular weight is 267 g/mol. The molecule has 0 amide bonds. The summed E-state index contributed by atoms with van der Waals surface area (Å²) in [7, 11) is 0. The Kier molecular flexibility index (Phi) is 6.11. The summed E-state index contributed by atoms with van der Waals surface area (Å²) in [6.45, 7) is 2.68. The number of carbonyl (C=O) groups excluding carboxylic acids is 3. The molecular formula is C8H11BrO5. The smallest absolute Gasteiger partial charge is 0.378 e. The van der Waals surface area contributed by atoms with Crippen LogP contribution < -0.4 is 0 Å². The predicted molar refractivity (Wildman–Crippen MR) is 51.0 cm³/mol. The van der Waals surface area contributed by atoms with Crippen LogP contribution in [0.2, 0.25) is 0 Å². The summed E-state index contributed by atoms with van der Waals surface area (Å²) in [4.78, 5) is 32.0. The van der Waals surface area contributed by atoms with E-state index in [2.05, 4.69) is 25.4 Å². The van der Waals surface area contributed by atoms with Crippen LogP contribution in [0.25, 0.3) is 0 Å². The van der Waals surface area contributed by atoms with E-state index in [9.17, 15) is 14.4 Å². The first-order valence-electron chi connectivity index (χ1n) is 3.99. The van der Waals surface area contributed by atoms with Crippen molar-refractivity contribution in [3.05, 3.63) is 0 Å². The van der Waals surface area contributed by atoms with E-state index in [4.69, 9.17) is 0 Å². The van der Waals surface area contributed by atoms with E-state index in [1.54, 1.807) is 13.8 Å². The molecule has 6 heteroatoms. The fraction of sp³-hybridized carbons (Fsp3) is 0.625. The van der Waals surface area contributed by atoms with Crippen molar-refractivity contribution in [2.75, 3.05) is 13.2 Å². The van der Waals surface area contributed by atoms with E-state index in [0.717, 1.165) is 0 Å². The highest BCUT2D eigenvalue weighted by Gasteiger charge is 2.18. The topological polar surface area (TPSA) is 69.7 Å². The summed E-state index contributed by atoms with van der Waals surface area (Å²) >= 11 is 2.96. The highest BCUT2D eigenvalue weighted by atomic mass is 79.9. The van der Waals surface area contributed by atoms with E-state index < -0.39 is 29.2 Å². The normalized spacial score (nSPS) is 11.6. The van der Waals surface area contributed by atoms with E-state index in [1.807, 2.05) is 0 Å². The van der Waals surface area contributed by atoms with Crippen molar-refractivity contribution >= 4 is 33.7 Å². The number of ketones is 1. The second kappa shape index (κ2) is 6.53. The number of halogens is 1. The van der Waals surface area contributed by atoms with Crippen molar-refractivity contribution in [3.63, 3.8) is 0 Å².